The second-order valence-corrected chi connectivity index (χ2v) is 8.45. The highest BCUT2D eigenvalue weighted by atomic mass is 16.6. The van der Waals surface area contributed by atoms with E-state index in [4.69, 9.17) is 9.47 Å². The quantitative estimate of drug-likeness (QED) is 0.773. The van der Waals surface area contributed by atoms with Crippen LogP contribution in [0.4, 0.5) is 10.6 Å². The van der Waals surface area contributed by atoms with Crippen LogP contribution in [0, 0.1) is 5.92 Å². The molecular weight excluding hydrogens is 396 g/mol. The van der Waals surface area contributed by atoms with Crippen molar-refractivity contribution in [2.75, 3.05) is 25.0 Å². The third-order valence-electron chi connectivity index (χ3n) is 4.90. The summed E-state index contributed by atoms with van der Waals surface area (Å²) in [6.07, 6.45) is 2.25. The van der Waals surface area contributed by atoms with Crippen LogP contribution < -0.4 is 10.1 Å². The summed E-state index contributed by atoms with van der Waals surface area (Å²) in [4.78, 5) is 35.1. The molecule has 1 aliphatic rings. The molecule has 2 heterocycles. The molecule has 1 aromatic heterocycles. The molecule has 2 amide bonds. The monoisotopic (exact) mass is 426 g/mol. The van der Waals surface area contributed by atoms with Crippen molar-refractivity contribution in [2.45, 2.75) is 46.1 Å². The number of hydrogen-bond acceptors (Lipinski definition) is 6. The molecule has 8 nitrogen and oxygen atoms in total. The number of benzene rings is 1. The van der Waals surface area contributed by atoms with E-state index in [1.165, 1.54) is 6.33 Å². The van der Waals surface area contributed by atoms with E-state index < -0.39 is 5.60 Å². The molecule has 166 valence electrons. The van der Waals surface area contributed by atoms with Crippen LogP contribution in [0.1, 0.15) is 40.5 Å². The molecule has 31 heavy (non-hydrogen) atoms. The lowest BCUT2D eigenvalue weighted by Crippen LogP contribution is -2.43. The largest absolute Gasteiger partial charge is 0.493 e. The van der Waals surface area contributed by atoms with Crippen molar-refractivity contribution in [3.63, 3.8) is 0 Å². The molecule has 1 fully saturated rings. The zero-order chi connectivity index (χ0) is 22.4. The van der Waals surface area contributed by atoms with E-state index in [-0.39, 0.29) is 17.9 Å². The Bertz CT molecular complexity index is 918. The number of carbonyl (C=O) groups excluding carboxylic acids is 2. The number of carbonyl (C=O) groups is 2. The Morgan fingerprint density at radius 3 is 2.55 bits per heavy atom. The van der Waals surface area contributed by atoms with Gasteiger partial charge in [0.15, 0.2) is 0 Å². The van der Waals surface area contributed by atoms with Crippen molar-refractivity contribution < 1.29 is 19.1 Å². The van der Waals surface area contributed by atoms with Gasteiger partial charge in [0.2, 0.25) is 5.91 Å². The van der Waals surface area contributed by atoms with E-state index in [1.807, 2.05) is 52.0 Å². The van der Waals surface area contributed by atoms with Gasteiger partial charge in [-0.1, -0.05) is 12.1 Å². The third-order valence-corrected chi connectivity index (χ3v) is 4.90. The fourth-order valence-corrected chi connectivity index (χ4v) is 3.41. The van der Waals surface area contributed by atoms with Crippen LogP contribution in [-0.4, -0.2) is 52.2 Å². The Kier molecular flexibility index (Phi) is 7.09. The molecule has 1 aliphatic heterocycles. The SMILES string of the molecule is CCOc1ccccc1-c1cc(NC(=O)C2CCN(C(=O)OC(C)(C)C)CC2)ncn1. The zero-order valence-electron chi connectivity index (χ0n) is 18.6. The smallest absolute Gasteiger partial charge is 0.410 e. The minimum atomic E-state index is -0.531. The van der Waals surface area contributed by atoms with Gasteiger partial charge in [0.1, 0.15) is 23.5 Å². The molecule has 1 aromatic carbocycles. The lowest BCUT2D eigenvalue weighted by Gasteiger charge is -2.32. The first-order valence-electron chi connectivity index (χ1n) is 10.6. The first-order chi connectivity index (χ1) is 14.8. The number of piperidine rings is 1. The maximum Gasteiger partial charge on any atom is 0.410 e. The summed E-state index contributed by atoms with van der Waals surface area (Å²) in [5, 5.41) is 2.89. The van der Waals surface area contributed by atoms with Gasteiger partial charge in [-0.15, -0.1) is 0 Å². The van der Waals surface area contributed by atoms with Crippen molar-refractivity contribution in [3.05, 3.63) is 36.7 Å². The van der Waals surface area contributed by atoms with Gasteiger partial charge < -0.3 is 19.7 Å². The number of anilines is 1. The van der Waals surface area contributed by atoms with E-state index in [9.17, 15) is 9.59 Å². The van der Waals surface area contributed by atoms with E-state index >= 15 is 0 Å². The number of para-hydroxylation sites is 1. The summed E-state index contributed by atoms with van der Waals surface area (Å²) in [7, 11) is 0. The lowest BCUT2D eigenvalue weighted by atomic mass is 9.96. The van der Waals surface area contributed by atoms with Crippen molar-refractivity contribution in [2.24, 2.45) is 5.92 Å². The fourth-order valence-electron chi connectivity index (χ4n) is 3.41. The predicted octanol–water partition coefficient (Wildman–Crippen LogP) is 4.13. The Morgan fingerprint density at radius 2 is 1.87 bits per heavy atom. The topological polar surface area (TPSA) is 93.7 Å². The highest BCUT2D eigenvalue weighted by Gasteiger charge is 2.30. The number of ether oxygens (including phenoxy) is 2. The molecule has 0 radical (unpaired) electrons. The molecule has 0 aliphatic carbocycles. The van der Waals surface area contributed by atoms with Crippen molar-refractivity contribution in [3.8, 4) is 17.0 Å². The summed E-state index contributed by atoms with van der Waals surface area (Å²) in [5.74, 6) is 0.880. The summed E-state index contributed by atoms with van der Waals surface area (Å²) >= 11 is 0. The number of amides is 2. The molecule has 3 rings (SSSR count). The number of likely N-dealkylation sites (tertiary alicyclic amines) is 1. The lowest BCUT2D eigenvalue weighted by molar-refractivity contribution is -0.121. The van der Waals surface area contributed by atoms with Crippen LogP contribution in [0.15, 0.2) is 36.7 Å². The van der Waals surface area contributed by atoms with Crippen molar-refractivity contribution in [1.82, 2.24) is 14.9 Å². The molecule has 0 atom stereocenters. The molecule has 8 heteroatoms. The van der Waals surface area contributed by atoms with Gasteiger partial charge in [-0.2, -0.15) is 0 Å². The number of nitrogens with one attached hydrogen (secondary N) is 1. The Labute approximate surface area is 183 Å². The maximum absolute atomic E-state index is 12.8. The summed E-state index contributed by atoms with van der Waals surface area (Å²) in [6, 6.07) is 9.37. The average molecular weight is 427 g/mol. The molecule has 0 unspecified atom stereocenters. The van der Waals surface area contributed by atoms with Crippen LogP contribution in [0.2, 0.25) is 0 Å². The van der Waals surface area contributed by atoms with Crippen LogP contribution >= 0.6 is 0 Å². The van der Waals surface area contributed by atoms with Crippen molar-refractivity contribution in [1.29, 1.82) is 0 Å². The highest BCUT2D eigenvalue weighted by Crippen LogP contribution is 2.29. The second kappa shape index (κ2) is 9.76. The van der Waals surface area contributed by atoms with Crippen LogP contribution in [-0.2, 0) is 9.53 Å². The van der Waals surface area contributed by atoms with Gasteiger partial charge in [-0.05, 0) is 52.7 Å². The van der Waals surface area contributed by atoms with Gasteiger partial charge in [0.25, 0.3) is 0 Å². The fraction of sp³-hybridized carbons (Fsp3) is 0.478. The van der Waals surface area contributed by atoms with E-state index in [0.717, 1.165) is 11.3 Å². The Hall–Kier alpha value is -3.16. The summed E-state index contributed by atoms with van der Waals surface area (Å²) in [6.45, 7) is 8.98. The molecular formula is C23H30N4O4. The average Bonchev–Trinajstić information content (AvgIpc) is 2.73. The number of aromatic nitrogens is 2. The van der Waals surface area contributed by atoms with Gasteiger partial charge in [-0.3, -0.25) is 4.79 Å². The van der Waals surface area contributed by atoms with Crippen LogP contribution in [0.3, 0.4) is 0 Å². The van der Waals surface area contributed by atoms with Gasteiger partial charge in [-0.25, -0.2) is 14.8 Å². The number of hydrogen-bond donors (Lipinski definition) is 1. The maximum atomic E-state index is 12.8. The molecule has 1 saturated heterocycles. The van der Waals surface area contributed by atoms with Crippen LogP contribution in [0.25, 0.3) is 11.3 Å². The second-order valence-electron chi connectivity index (χ2n) is 8.45. The first-order valence-corrected chi connectivity index (χ1v) is 10.6. The van der Waals surface area contributed by atoms with Crippen LogP contribution in [0.5, 0.6) is 5.75 Å². The molecule has 2 aromatic rings. The number of nitrogens with zero attached hydrogens (tertiary/aromatic N) is 3. The standard InChI is InChI=1S/C23H30N4O4/c1-5-30-19-9-7-6-8-17(19)18-14-20(25-15-24-18)26-21(28)16-10-12-27(13-11-16)22(29)31-23(2,3)4/h6-9,14-16H,5,10-13H2,1-4H3,(H,24,25,26,28). The Balaban J connectivity index is 1.61. The summed E-state index contributed by atoms with van der Waals surface area (Å²) < 4.78 is 11.1. The first kappa shape index (κ1) is 22.5. The third kappa shape index (κ3) is 6.16. The molecule has 0 saturated carbocycles. The highest BCUT2D eigenvalue weighted by molar-refractivity contribution is 5.92. The predicted molar refractivity (Wildman–Crippen MR) is 118 cm³/mol. The van der Waals surface area contributed by atoms with E-state index in [1.54, 1.807) is 11.0 Å². The van der Waals surface area contributed by atoms with E-state index in [0.29, 0.717) is 44.0 Å². The van der Waals surface area contributed by atoms with Gasteiger partial charge in [0, 0.05) is 30.6 Å². The number of rotatable bonds is 5. The zero-order valence-corrected chi connectivity index (χ0v) is 18.6. The summed E-state index contributed by atoms with van der Waals surface area (Å²) in [5.41, 5.74) is 0.985. The van der Waals surface area contributed by atoms with Crippen molar-refractivity contribution >= 4 is 17.8 Å². The normalized spacial score (nSPS) is 14.8. The Morgan fingerprint density at radius 1 is 1.16 bits per heavy atom. The van der Waals surface area contributed by atoms with Gasteiger partial charge >= 0.3 is 6.09 Å². The minimum Gasteiger partial charge on any atom is -0.493 e. The molecule has 1 N–H and O–H groups in total. The molecule has 0 spiro atoms. The minimum absolute atomic E-state index is 0.105. The molecule has 0 bridgehead atoms. The van der Waals surface area contributed by atoms with E-state index in [2.05, 4.69) is 15.3 Å². The van der Waals surface area contributed by atoms with Gasteiger partial charge in [0.05, 0.1) is 12.3 Å².